The zero-order chi connectivity index (χ0) is 12.4. The van der Waals surface area contributed by atoms with Crippen molar-refractivity contribution in [3.05, 3.63) is 47.7 Å². The number of furan rings is 1. The number of nitrogens with two attached hydrogens (primary N) is 1. The Balaban J connectivity index is 2.40. The first kappa shape index (κ1) is 11.9. The molecule has 0 amide bonds. The van der Waals surface area contributed by atoms with Gasteiger partial charge in [-0.25, -0.2) is 0 Å². The van der Waals surface area contributed by atoms with Crippen LogP contribution in [0.5, 0.6) is 0 Å². The van der Waals surface area contributed by atoms with Crippen molar-refractivity contribution in [3.8, 4) is 0 Å². The van der Waals surface area contributed by atoms with E-state index < -0.39 is 6.04 Å². The van der Waals surface area contributed by atoms with Crippen LogP contribution in [0.25, 0.3) is 11.0 Å². The minimum atomic E-state index is -0.619. The van der Waals surface area contributed by atoms with Gasteiger partial charge in [-0.2, -0.15) is 0 Å². The fourth-order valence-corrected chi connectivity index (χ4v) is 1.84. The van der Waals surface area contributed by atoms with Crippen LogP contribution in [0.2, 0.25) is 5.02 Å². The summed E-state index contributed by atoms with van der Waals surface area (Å²) in [7, 11) is 0. The summed E-state index contributed by atoms with van der Waals surface area (Å²) in [6.45, 7) is 3.55. The van der Waals surface area contributed by atoms with Crippen molar-refractivity contribution in [2.24, 2.45) is 5.73 Å². The molecular formula is C13H12ClNO2. The largest absolute Gasteiger partial charge is 0.451 e. The van der Waals surface area contributed by atoms with Crippen molar-refractivity contribution in [2.45, 2.75) is 12.5 Å². The molecule has 2 aromatic rings. The van der Waals surface area contributed by atoms with Gasteiger partial charge in [0.2, 0.25) is 5.78 Å². The number of ketones is 1. The lowest BCUT2D eigenvalue weighted by molar-refractivity contribution is 0.0937. The highest BCUT2D eigenvalue weighted by Crippen LogP contribution is 2.27. The van der Waals surface area contributed by atoms with Crippen LogP contribution in [-0.2, 0) is 0 Å². The SMILES string of the molecule is C=CCC(N)C(=O)c1cc2cccc(Cl)c2o1. The highest BCUT2D eigenvalue weighted by molar-refractivity contribution is 6.34. The molecule has 2 rings (SSSR count). The highest BCUT2D eigenvalue weighted by atomic mass is 35.5. The Morgan fingerprint density at radius 3 is 3.00 bits per heavy atom. The second-order valence-electron chi connectivity index (χ2n) is 3.76. The molecule has 0 saturated carbocycles. The predicted octanol–water partition coefficient (Wildman–Crippen LogP) is 3.17. The number of carbonyl (C=O) groups is 1. The number of halogens is 1. The molecule has 88 valence electrons. The van der Waals surface area contributed by atoms with E-state index in [2.05, 4.69) is 6.58 Å². The van der Waals surface area contributed by atoms with Gasteiger partial charge in [0.25, 0.3) is 0 Å². The zero-order valence-electron chi connectivity index (χ0n) is 9.15. The van der Waals surface area contributed by atoms with Crippen LogP contribution < -0.4 is 5.73 Å². The summed E-state index contributed by atoms with van der Waals surface area (Å²) in [6, 6.07) is 6.39. The first-order chi connectivity index (χ1) is 8.13. The van der Waals surface area contributed by atoms with Crippen LogP contribution in [0, 0.1) is 0 Å². The number of hydrogen-bond donors (Lipinski definition) is 1. The normalized spacial score (nSPS) is 12.6. The van der Waals surface area contributed by atoms with Gasteiger partial charge in [-0.3, -0.25) is 4.79 Å². The third kappa shape index (κ3) is 2.25. The van der Waals surface area contributed by atoms with Gasteiger partial charge in [0.05, 0.1) is 11.1 Å². The quantitative estimate of drug-likeness (QED) is 0.669. The fraction of sp³-hybridized carbons (Fsp3) is 0.154. The van der Waals surface area contributed by atoms with E-state index in [9.17, 15) is 4.79 Å². The van der Waals surface area contributed by atoms with Gasteiger partial charge in [0.15, 0.2) is 11.3 Å². The van der Waals surface area contributed by atoms with Crippen molar-refractivity contribution >= 4 is 28.4 Å². The Hall–Kier alpha value is -1.58. The monoisotopic (exact) mass is 249 g/mol. The molecule has 0 saturated heterocycles. The molecule has 0 aliphatic carbocycles. The minimum Gasteiger partial charge on any atom is -0.451 e. The second-order valence-corrected chi connectivity index (χ2v) is 4.17. The summed E-state index contributed by atoms with van der Waals surface area (Å²) in [5.74, 6) is -0.000355. The van der Waals surface area contributed by atoms with E-state index in [4.69, 9.17) is 21.8 Å². The molecule has 0 spiro atoms. The molecule has 0 fully saturated rings. The Morgan fingerprint density at radius 2 is 2.35 bits per heavy atom. The Bertz CT molecular complexity index is 574. The molecule has 0 radical (unpaired) electrons. The first-order valence-electron chi connectivity index (χ1n) is 5.22. The van der Waals surface area contributed by atoms with Crippen LogP contribution >= 0.6 is 11.6 Å². The Labute approximate surface area is 104 Å². The maximum Gasteiger partial charge on any atom is 0.214 e. The van der Waals surface area contributed by atoms with Crippen LogP contribution in [0.4, 0.5) is 0 Å². The van der Waals surface area contributed by atoms with E-state index in [1.807, 2.05) is 6.07 Å². The van der Waals surface area contributed by atoms with Gasteiger partial charge in [-0.15, -0.1) is 6.58 Å². The summed E-state index contributed by atoms with van der Waals surface area (Å²) in [5.41, 5.74) is 6.22. The molecule has 0 bridgehead atoms. The molecule has 1 aromatic carbocycles. The smallest absolute Gasteiger partial charge is 0.214 e. The second kappa shape index (κ2) is 4.73. The van der Waals surface area contributed by atoms with Crippen LogP contribution in [0.1, 0.15) is 17.0 Å². The Morgan fingerprint density at radius 1 is 1.59 bits per heavy atom. The molecule has 4 heteroatoms. The van der Waals surface area contributed by atoms with E-state index in [0.717, 1.165) is 5.39 Å². The van der Waals surface area contributed by atoms with Gasteiger partial charge in [-0.1, -0.05) is 29.8 Å². The third-order valence-electron chi connectivity index (χ3n) is 2.50. The lowest BCUT2D eigenvalue weighted by Crippen LogP contribution is -2.29. The van der Waals surface area contributed by atoms with Gasteiger partial charge >= 0.3 is 0 Å². The number of Topliss-reactive ketones (excluding diaryl/α,β-unsaturated/α-hetero) is 1. The average molecular weight is 250 g/mol. The molecule has 1 heterocycles. The number of fused-ring (bicyclic) bond motifs is 1. The standard InChI is InChI=1S/C13H12ClNO2/c1-2-4-10(15)12(16)11-7-8-5-3-6-9(14)13(8)17-11/h2-3,5-7,10H,1,4,15H2. The van der Waals surface area contributed by atoms with Crippen LogP contribution in [0.3, 0.4) is 0 Å². The molecule has 1 aromatic heterocycles. The molecule has 0 aliphatic rings. The maximum absolute atomic E-state index is 11.9. The van der Waals surface area contributed by atoms with Crippen LogP contribution in [-0.4, -0.2) is 11.8 Å². The van der Waals surface area contributed by atoms with E-state index in [1.165, 1.54) is 0 Å². The first-order valence-corrected chi connectivity index (χ1v) is 5.60. The minimum absolute atomic E-state index is 0.238. The van der Waals surface area contributed by atoms with Crippen molar-refractivity contribution in [2.75, 3.05) is 0 Å². The van der Waals surface area contributed by atoms with Crippen molar-refractivity contribution in [1.29, 1.82) is 0 Å². The van der Waals surface area contributed by atoms with E-state index in [1.54, 1.807) is 24.3 Å². The number of carbonyl (C=O) groups excluding carboxylic acids is 1. The lowest BCUT2D eigenvalue weighted by Gasteiger charge is -2.04. The van der Waals surface area contributed by atoms with E-state index >= 15 is 0 Å². The van der Waals surface area contributed by atoms with Gasteiger partial charge in [0.1, 0.15) is 0 Å². The number of hydrogen-bond acceptors (Lipinski definition) is 3. The predicted molar refractivity (Wildman–Crippen MR) is 68.3 cm³/mol. The Kier molecular flexibility index (Phi) is 3.31. The summed E-state index contributed by atoms with van der Waals surface area (Å²) >= 11 is 5.96. The fourth-order valence-electron chi connectivity index (χ4n) is 1.62. The average Bonchev–Trinajstić information content (AvgIpc) is 2.73. The van der Waals surface area contributed by atoms with Crippen LogP contribution in [0.15, 0.2) is 41.3 Å². The number of para-hydroxylation sites is 1. The summed E-state index contributed by atoms with van der Waals surface area (Å²) in [4.78, 5) is 11.9. The van der Waals surface area contributed by atoms with Crippen molar-refractivity contribution in [1.82, 2.24) is 0 Å². The number of benzene rings is 1. The molecule has 3 nitrogen and oxygen atoms in total. The van der Waals surface area contributed by atoms with Crippen molar-refractivity contribution in [3.63, 3.8) is 0 Å². The highest BCUT2D eigenvalue weighted by Gasteiger charge is 2.19. The summed E-state index contributed by atoms with van der Waals surface area (Å²) in [6.07, 6.45) is 2.03. The van der Waals surface area contributed by atoms with Crippen molar-refractivity contribution < 1.29 is 9.21 Å². The van der Waals surface area contributed by atoms with E-state index in [0.29, 0.717) is 17.0 Å². The van der Waals surface area contributed by atoms with Gasteiger partial charge in [0, 0.05) is 5.39 Å². The summed E-state index contributed by atoms with van der Waals surface area (Å²) < 4.78 is 5.43. The lowest BCUT2D eigenvalue weighted by atomic mass is 10.1. The topological polar surface area (TPSA) is 56.2 Å². The molecule has 1 unspecified atom stereocenters. The zero-order valence-corrected chi connectivity index (χ0v) is 9.91. The van der Waals surface area contributed by atoms with Gasteiger partial charge in [-0.05, 0) is 18.6 Å². The van der Waals surface area contributed by atoms with Gasteiger partial charge < -0.3 is 10.2 Å². The maximum atomic E-state index is 11.9. The molecule has 1 atom stereocenters. The summed E-state index contributed by atoms with van der Waals surface area (Å²) in [5, 5.41) is 1.28. The molecule has 2 N–H and O–H groups in total. The number of rotatable bonds is 4. The molecule has 0 aliphatic heterocycles. The van der Waals surface area contributed by atoms with E-state index in [-0.39, 0.29) is 11.5 Å². The molecular weight excluding hydrogens is 238 g/mol. The third-order valence-corrected chi connectivity index (χ3v) is 2.79. The molecule has 17 heavy (non-hydrogen) atoms.